The van der Waals surface area contributed by atoms with Crippen molar-refractivity contribution >= 4 is 6.03 Å². The maximum Gasteiger partial charge on any atom is 0.312 e. The number of rotatable bonds is 1. The number of carbonyl (C=O) groups excluding carboxylic acids is 1. The third kappa shape index (κ3) is 1.88. The zero-order valence-electron chi connectivity index (χ0n) is 5.84. The fourth-order valence-electron chi connectivity index (χ4n) is 1.35. The molecule has 0 bridgehead atoms. The summed E-state index contributed by atoms with van der Waals surface area (Å²) < 4.78 is 0. The highest BCUT2D eigenvalue weighted by molar-refractivity contribution is 5.71. The number of nitrogens with one attached hydrogen (secondary N) is 1. The summed E-state index contributed by atoms with van der Waals surface area (Å²) in [5.74, 6) is 0. The predicted molar refractivity (Wildman–Crippen MR) is 38.3 cm³/mol. The number of nitrogens with two attached hydrogens (primary N) is 2. The summed E-state index contributed by atoms with van der Waals surface area (Å²) in [7, 11) is 0. The van der Waals surface area contributed by atoms with E-state index < -0.39 is 6.03 Å². The van der Waals surface area contributed by atoms with Crippen molar-refractivity contribution in [3.63, 3.8) is 0 Å². The van der Waals surface area contributed by atoms with Crippen LogP contribution in [0, 0.1) is 0 Å². The van der Waals surface area contributed by atoms with E-state index in [1.165, 1.54) is 0 Å². The first kappa shape index (κ1) is 7.34. The van der Waals surface area contributed by atoms with Crippen molar-refractivity contribution in [1.29, 1.82) is 0 Å². The molecule has 58 valence electrons. The quantitative estimate of drug-likeness (QED) is 0.464. The predicted octanol–water partition coefficient (Wildman–Crippen LogP) is -0.466. The van der Waals surface area contributed by atoms with E-state index in [1.54, 1.807) is 0 Å². The van der Waals surface area contributed by atoms with Crippen molar-refractivity contribution in [2.24, 2.45) is 11.5 Å². The molecule has 1 fully saturated rings. The second-order valence-corrected chi connectivity index (χ2v) is 2.78. The van der Waals surface area contributed by atoms with Gasteiger partial charge in [0, 0.05) is 12.1 Å². The molecule has 1 aliphatic rings. The maximum absolute atomic E-state index is 10.3. The lowest BCUT2D eigenvalue weighted by molar-refractivity contribution is 0.245. The second-order valence-electron chi connectivity index (χ2n) is 2.78. The van der Waals surface area contributed by atoms with E-state index in [2.05, 4.69) is 5.32 Å². The summed E-state index contributed by atoms with van der Waals surface area (Å²) in [6.07, 6.45) is 2.82. The molecule has 0 aliphatic heterocycles. The Labute approximate surface area is 59.9 Å². The van der Waals surface area contributed by atoms with Crippen LogP contribution in [-0.4, -0.2) is 18.1 Å². The Bertz CT molecular complexity index is 137. The Morgan fingerprint density at radius 2 is 2.20 bits per heavy atom. The minimum absolute atomic E-state index is 0.215. The molecule has 0 aromatic rings. The average Bonchev–Trinajstić information content (AvgIpc) is 2.13. The molecule has 0 aromatic heterocycles. The normalized spacial score (nSPS) is 32.1. The van der Waals surface area contributed by atoms with Gasteiger partial charge in [-0.2, -0.15) is 0 Å². The van der Waals surface area contributed by atoms with Gasteiger partial charge in [0.05, 0.1) is 0 Å². The molecule has 0 aromatic carbocycles. The fraction of sp³-hybridized carbons (Fsp3) is 0.833. The number of hydrogen-bond donors (Lipinski definition) is 3. The Morgan fingerprint density at radius 3 is 2.60 bits per heavy atom. The Hall–Kier alpha value is -0.770. The van der Waals surface area contributed by atoms with E-state index in [0.717, 1.165) is 19.3 Å². The van der Waals surface area contributed by atoms with E-state index in [0.29, 0.717) is 0 Å². The monoisotopic (exact) mass is 143 g/mol. The molecule has 0 heterocycles. The van der Waals surface area contributed by atoms with Crippen LogP contribution in [0.2, 0.25) is 0 Å². The fourth-order valence-corrected chi connectivity index (χ4v) is 1.35. The van der Waals surface area contributed by atoms with E-state index in [9.17, 15) is 4.79 Å². The van der Waals surface area contributed by atoms with Crippen molar-refractivity contribution in [1.82, 2.24) is 5.32 Å². The highest BCUT2D eigenvalue weighted by Gasteiger charge is 2.21. The largest absolute Gasteiger partial charge is 0.352 e. The summed E-state index contributed by atoms with van der Waals surface area (Å²) in [5.41, 5.74) is 10.5. The summed E-state index contributed by atoms with van der Waals surface area (Å²) in [6.45, 7) is 0. The first-order valence-corrected chi connectivity index (χ1v) is 3.50. The van der Waals surface area contributed by atoms with E-state index in [1.807, 2.05) is 0 Å². The first-order chi connectivity index (χ1) is 4.68. The van der Waals surface area contributed by atoms with Crippen LogP contribution >= 0.6 is 0 Å². The van der Waals surface area contributed by atoms with Gasteiger partial charge in [-0.25, -0.2) is 4.79 Å². The molecule has 1 saturated carbocycles. The minimum atomic E-state index is -0.445. The van der Waals surface area contributed by atoms with Crippen LogP contribution in [-0.2, 0) is 0 Å². The van der Waals surface area contributed by atoms with Gasteiger partial charge in [0.15, 0.2) is 0 Å². The zero-order valence-corrected chi connectivity index (χ0v) is 5.84. The van der Waals surface area contributed by atoms with Crippen molar-refractivity contribution in [2.45, 2.75) is 31.3 Å². The molecule has 4 nitrogen and oxygen atoms in total. The van der Waals surface area contributed by atoms with Crippen molar-refractivity contribution in [2.75, 3.05) is 0 Å². The number of primary amides is 1. The van der Waals surface area contributed by atoms with Crippen LogP contribution in [0.5, 0.6) is 0 Å². The Kier molecular flexibility index (Phi) is 2.11. The lowest BCUT2D eigenvalue weighted by atomic mass is 10.2. The van der Waals surface area contributed by atoms with Crippen LogP contribution in [0.15, 0.2) is 0 Å². The molecule has 1 aliphatic carbocycles. The third-order valence-corrected chi connectivity index (χ3v) is 1.82. The van der Waals surface area contributed by atoms with Gasteiger partial charge in [-0.15, -0.1) is 0 Å². The van der Waals surface area contributed by atoms with Gasteiger partial charge < -0.3 is 16.8 Å². The molecule has 4 heteroatoms. The summed E-state index contributed by atoms with van der Waals surface area (Å²) in [4.78, 5) is 10.3. The van der Waals surface area contributed by atoms with Crippen LogP contribution in [0.1, 0.15) is 19.3 Å². The second kappa shape index (κ2) is 2.88. The van der Waals surface area contributed by atoms with Crippen molar-refractivity contribution in [3.8, 4) is 0 Å². The molecular weight excluding hydrogens is 130 g/mol. The zero-order chi connectivity index (χ0) is 7.56. The van der Waals surface area contributed by atoms with Gasteiger partial charge in [0.2, 0.25) is 0 Å². The number of hydrogen-bond acceptors (Lipinski definition) is 2. The maximum atomic E-state index is 10.3. The van der Waals surface area contributed by atoms with Crippen LogP contribution in [0.3, 0.4) is 0 Å². The SMILES string of the molecule is NC(=O)NC1CCC(N)C1. The molecule has 0 radical (unpaired) electrons. The van der Waals surface area contributed by atoms with Gasteiger partial charge in [-0.1, -0.05) is 0 Å². The lowest BCUT2D eigenvalue weighted by Crippen LogP contribution is -2.37. The van der Waals surface area contributed by atoms with E-state index in [4.69, 9.17) is 11.5 Å². The minimum Gasteiger partial charge on any atom is -0.352 e. The highest BCUT2D eigenvalue weighted by Crippen LogP contribution is 2.16. The molecule has 2 atom stereocenters. The molecule has 2 unspecified atom stereocenters. The van der Waals surface area contributed by atoms with Gasteiger partial charge in [0.1, 0.15) is 0 Å². The number of urea groups is 1. The van der Waals surface area contributed by atoms with Gasteiger partial charge in [-0.05, 0) is 19.3 Å². The highest BCUT2D eigenvalue weighted by atomic mass is 16.2. The molecule has 0 saturated heterocycles. The van der Waals surface area contributed by atoms with E-state index in [-0.39, 0.29) is 12.1 Å². The average molecular weight is 143 g/mol. The molecule has 10 heavy (non-hydrogen) atoms. The van der Waals surface area contributed by atoms with Crippen molar-refractivity contribution in [3.05, 3.63) is 0 Å². The summed E-state index contributed by atoms with van der Waals surface area (Å²) in [6, 6.07) is 0.0171. The number of carbonyl (C=O) groups is 1. The van der Waals surface area contributed by atoms with E-state index >= 15 is 0 Å². The first-order valence-electron chi connectivity index (χ1n) is 3.50. The standard InChI is InChI=1S/C6H13N3O/c7-4-1-2-5(3-4)9-6(8)10/h4-5H,1-3,7H2,(H3,8,9,10). The topological polar surface area (TPSA) is 81.1 Å². The molecule has 5 N–H and O–H groups in total. The number of amides is 2. The molecular formula is C6H13N3O. The van der Waals surface area contributed by atoms with Gasteiger partial charge >= 0.3 is 6.03 Å². The van der Waals surface area contributed by atoms with Crippen LogP contribution < -0.4 is 16.8 Å². The third-order valence-electron chi connectivity index (χ3n) is 1.82. The summed E-state index contributed by atoms with van der Waals surface area (Å²) >= 11 is 0. The Morgan fingerprint density at radius 1 is 1.50 bits per heavy atom. The van der Waals surface area contributed by atoms with Crippen LogP contribution in [0.25, 0.3) is 0 Å². The van der Waals surface area contributed by atoms with Crippen molar-refractivity contribution < 1.29 is 4.79 Å². The molecule has 0 spiro atoms. The van der Waals surface area contributed by atoms with Gasteiger partial charge in [-0.3, -0.25) is 0 Å². The molecule has 1 rings (SSSR count). The molecule has 2 amide bonds. The lowest BCUT2D eigenvalue weighted by Gasteiger charge is -2.08. The van der Waals surface area contributed by atoms with Crippen LogP contribution in [0.4, 0.5) is 4.79 Å². The Balaban J connectivity index is 2.24. The summed E-state index contributed by atoms with van der Waals surface area (Å²) in [5, 5.41) is 2.63. The van der Waals surface area contributed by atoms with Gasteiger partial charge in [0.25, 0.3) is 0 Å². The smallest absolute Gasteiger partial charge is 0.312 e.